The lowest BCUT2D eigenvalue weighted by Crippen LogP contribution is -2.47. The number of aliphatic carboxylic acids is 1. The van der Waals surface area contributed by atoms with Gasteiger partial charge in [0.05, 0.1) is 11.9 Å². The van der Waals surface area contributed by atoms with Crippen LogP contribution in [0.2, 0.25) is 0 Å². The van der Waals surface area contributed by atoms with Gasteiger partial charge in [-0.25, -0.2) is 4.68 Å². The summed E-state index contributed by atoms with van der Waals surface area (Å²) < 4.78 is 1.84. The first-order chi connectivity index (χ1) is 10.5. The van der Waals surface area contributed by atoms with Crippen molar-refractivity contribution in [2.24, 2.45) is 0 Å². The van der Waals surface area contributed by atoms with Crippen LogP contribution in [0.1, 0.15) is 30.9 Å². The molecule has 0 bridgehead atoms. The molecule has 1 aromatic carbocycles. The van der Waals surface area contributed by atoms with Gasteiger partial charge < -0.3 is 5.11 Å². The highest BCUT2D eigenvalue weighted by Crippen LogP contribution is 2.30. The molecule has 5 heteroatoms. The second kappa shape index (κ2) is 5.57. The second-order valence-electron chi connectivity index (χ2n) is 6.24. The lowest BCUT2D eigenvalue weighted by Gasteiger charge is -2.30. The average molecular weight is 299 g/mol. The molecule has 0 radical (unpaired) electrons. The van der Waals surface area contributed by atoms with Gasteiger partial charge in [-0.05, 0) is 50.9 Å². The number of benzene rings is 1. The SMILES string of the molecule is Cc1cccc(-n2cc(CN3CCC[C@@]3(C)C(=O)O)cn2)c1. The van der Waals surface area contributed by atoms with E-state index in [4.69, 9.17) is 0 Å². The summed E-state index contributed by atoms with van der Waals surface area (Å²) in [5.74, 6) is -0.740. The van der Waals surface area contributed by atoms with E-state index in [0.29, 0.717) is 13.0 Å². The first kappa shape index (κ1) is 14.8. The molecule has 1 aliphatic rings. The van der Waals surface area contributed by atoms with Crippen molar-refractivity contribution in [3.8, 4) is 5.69 Å². The summed E-state index contributed by atoms with van der Waals surface area (Å²) in [4.78, 5) is 13.6. The Hall–Kier alpha value is -2.14. The van der Waals surface area contributed by atoms with Crippen molar-refractivity contribution in [1.82, 2.24) is 14.7 Å². The first-order valence-corrected chi connectivity index (χ1v) is 7.58. The fraction of sp³-hybridized carbons (Fsp3) is 0.412. The van der Waals surface area contributed by atoms with Gasteiger partial charge in [-0.1, -0.05) is 12.1 Å². The predicted molar refractivity (Wildman–Crippen MR) is 84.0 cm³/mol. The summed E-state index contributed by atoms with van der Waals surface area (Å²) in [6, 6.07) is 8.15. The van der Waals surface area contributed by atoms with Gasteiger partial charge in [0.1, 0.15) is 5.54 Å². The smallest absolute Gasteiger partial charge is 0.323 e. The van der Waals surface area contributed by atoms with E-state index in [1.165, 1.54) is 5.56 Å². The molecule has 1 fully saturated rings. The van der Waals surface area contributed by atoms with Crippen molar-refractivity contribution in [2.75, 3.05) is 6.54 Å². The van der Waals surface area contributed by atoms with Crippen molar-refractivity contribution < 1.29 is 9.90 Å². The predicted octanol–water partition coefficient (Wildman–Crippen LogP) is 2.62. The molecule has 0 spiro atoms. The van der Waals surface area contributed by atoms with Gasteiger partial charge in [-0.15, -0.1) is 0 Å². The Labute approximate surface area is 130 Å². The fourth-order valence-electron chi connectivity index (χ4n) is 3.09. The minimum atomic E-state index is -0.758. The Bertz CT molecular complexity index is 695. The van der Waals surface area contributed by atoms with Gasteiger partial charge in [0.25, 0.3) is 0 Å². The minimum absolute atomic E-state index is 0.620. The number of hydrogen-bond donors (Lipinski definition) is 1. The standard InChI is InChI=1S/C17H21N3O2/c1-13-5-3-6-15(9-13)20-12-14(10-18-20)11-19-8-4-7-17(19,2)16(21)22/h3,5-6,9-10,12H,4,7-8,11H2,1-2H3,(H,21,22)/t17-/m0/s1. The zero-order chi connectivity index (χ0) is 15.7. The molecule has 1 saturated heterocycles. The number of hydrogen-bond acceptors (Lipinski definition) is 3. The zero-order valence-electron chi connectivity index (χ0n) is 13.0. The monoisotopic (exact) mass is 299 g/mol. The molecule has 0 aliphatic carbocycles. The van der Waals surface area contributed by atoms with E-state index >= 15 is 0 Å². The van der Waals surface area contributed by atoms with Gasteiger partial charge in [0.15, 0.2) is 0 Å². The maximum Gasteiger partial charge on any atom is 0.323 e. The molecule has 5 nitrogen and oxygen atoms in total. The van der Waals surface area contributed by atoms with E-state index in [2.05, 4.69) is 24.2 Å². The van der Waals surface area contributed by atoms with Crippen LogP contribution in [-0.2, 0) is 11.3 Å². The lowest BCUT2D eigenvalue weighted by molar-refractivity contribution is -0.148. The summed E-state index contributed by atoms with van der Waals surface area (Å²) in [7, 11) is 0. The van der Waals surface area contributed by atoms with Crippen molar-refractivity contribution in [1.29, 1.82) is 0 Å². The average Bonchev–Trinajstić information content (AvgIpc) is 3.08. The van der Waals surface area contributed by atoms with Gasteiger partial charge in [-0.3, -0.25) is 9.69 Å². The second-order valence-corrected chi connectivity index (χ2v) is 6.24. The lowest BCUT2D eigenvalue weighted by atomic mass is 9.99. The Morgan fingerprint density at radius 3 is 3.00 bits per heavy atom. The van der Waals surface area contributed by atoms with Gasteiger partial charge >= 0.3 is 5.97 Å². The highest BCUT2D eigenvalue weighted by molar-refractivity contribution is 5.78. The maximum atomic E-state index is 11.5. The summed E-state index contributed by atoms with van der Waals surface area (Å²) in [6.45, 7) is 5.30. The fourth-order valence-corrected chi connectivity index (χ4v) is 3.09. The van der Waals surface area contributed by atoms with Crippen LogP contribution in [-0.4, -0.2) is 37.8 Å². The summed E-state index contributed by atoms with van der Waals surface area (Å²) in [5.41, 5.74) is 2.49. The summed E-state index contributed by atoms with van der Waals surface area (Å²) in [5, 5.41) is 13.9. The molecule has 1 aromatic heterocycles. The van der Waals surface area contributed by atoms with Gasteiger partial charge in [-0.2, -0.15) is 5.10 Å². The molecule has 2 heterocycles. The highest BCUT2D eigenvalue weighted by atomic mass is 16.4. The normalized spacial score (nSPS) is 22.1. The van der Waals surface area contributed by atoms with Crippen LogP contribution in [0.25, 0.3) is 5.69 Å². The zero-order valence-corrected chi connectivity index (χ0v) is 13.0. The molecule has 2 aromatic rings. The number of aryl methyl sites for hydroxylation is 1. The van der Waals surface area contributed by atoms with Crippen LogP contribution < -0.4 is 0 Å². The van der Waals surface area contributed by atoms with Gasteiger partial charge in [0, 0.05) is 18.3 Å². The van der Waals surface area contributed by atoms with Crippen molar-refractivity contribution in [3.63, 3.8) is 0 Å². The molecule has 0 saturated carbocycles. The van der Waals surface area contributed by atoms with Crippen molar-refractivity contribution in [2.45, 2.75) is 38.8 Å². The molecule has 22 heavy (non-hydrogen) atoms. The molecule has 0 unspecified atom stereocenters. The third kappa shape index (κ3) is 2.64. The summed E-state index contributed by atoms with van der Waals surface area (Å²) >= 11 is 0. The van der Waals surface area contributed by atoms with E-state index in [1.54, 1.807) is 0 Å². The van der Waals surface area contributed by atoms with Crippen LogP contribution in [0.15, 0.2) is 36.7 Å². The molecule has 1 N–H and O–H groups in total. The van der Waals surface area contributed by atoms with Gasteiger partial charge in [0.2, 0.25) is 0 Å². The topological polar surface area (TPSA) is 58.4 Å². The molecule has 3 rings (SSSR count). The third-order valence-corrected chi connectivity index (χ3v) is 4.53. The molecular weight excluding hydrogens is 278 g/mol. The number of carbonyl (C=O) groups is 1. The van der Waals surface area contributed by atoms with E-state index in [9.17, 15) is 9.90 Å². The molecule has 1 atom stereocenters. The Morgan fingerprint density at radius 2 is 2.27 bits per heavy atom. The third-order valence-electron chi connectivity index (χ3n) is 4.53. The van der Waals surface area contributed by atoms with Crippen LogP contribution in [0.5, 0.6) is 0 Å². The van der Waals surface area contributed by atoms with E-state index in [0.717, 1.165) is 24.2 Å². The number of likely N-dealkylation sites (tertiary alicyclic amines) is 1. The minimum Gasteiger partial charge on any atom is -0.480 e. The molecule has 0 amide bonds. The molecular formula is C17H21N3O2. The van der Waals surface area contributed by atoms with E-state index in [-0.39, 0.29) is 0 Å². The number of aromatic nitrogens is 2. The van der Waals surface area contributed by atoms with E-state index in [1.807, 2.05) is 41.0 Å². The van der Waals surface area contributed by atoms with Crippen LogP contribution >= 0.6 is 0 Å². The number of nitrogens with zero attached hydrogens (tertiary/aromatic N) is 3. The highest BCUT2D eigenvalue weighted by Gasteiger charge is 2.43. The Morgan fingerprint density at radius 1 is 1.45 bits per heavy atom. The summed E-state index contributed by atoms with van der Waals surface area (Å²) in [6.07, 6.45) is 5.43. The number of rotatable bonds is 4. The maximum absolute atomic E-state index is 11.5. The van der Waals surface area contributed by atoms with Crippen LogP contribution in [0, 0.1) is 6.92 Å². The Kier molecular flexibility index (Phi) is 3.74. The van der Waals surface area contributed by atoms with Crippen molar-refractivity contribution in [3.05, 3.63) is 47.8 Å². The number of carboxylic acids is 1. The molecule has 116 valence electrons. The van der Waals surface area contributed by atoms with E-state index < -0.39 is 11.5 Å². The number of carboxylic acid groups (broad SMARTS) is 1. The van der Waals surface area contributed by atoms with Crippen LogP contribution in [0.4, 0.5) is 0 Å². The quantitative estimate of drug-likeness (QED) is 0.943. The first-order valence-electron chi connectivity index (χ1n) is 7.58. The molecule has 1 aliphatic heterocycles. The largest absolute Gasteiger partial charge is 0.480 e. The Balaban J connectivity index is 1.79. The van der Waals surface area contributed by atoms with Crippen LogP contribution in [0.3, 0.4) is 0 Å². The van der Waals surface area contributed by atoms with Crippen molar-refractivity contribution >= 4 is 5.97 Å².